The van der Waals surface area contributed by atoms with Gasteiger partial charge in [0.1, 0.15) is 23.6 Å². The van der Waals surface area contributed by atoms with Gasteiger partial charge in [-0.25, -0.2) is 0 Å². The van der Waals surface area contributed by atoms with Crippen LogP contribution in [0.25, 0.3) is 0 Å². The molecule has 0 saturated carbocycles. The Labute approximate surface area is 340 Å². The molecule has 4 rings (SSSR count). The summed E-state index contributed by atoms with van der Waals surface area (Å²) in [5.74, 6) is 0.586. The van der Waals surface area contributed by atoms with Gasteiger partial charge in [-0.2, -0.15) is 0 Å². The minimum absolute atomic E-state index is 0.225. The third-order valence-electron chi connectivity index (χ3n) is 11.0. The van der Waals surface area contributed by atoms with Crippen LogP contribution in [0.15, 0.2) is 94.9 Å². The second kappa shape index (κ2) is 21.9. The number of aryl methyl sites for hydroxylation is 2. The second-order valence-corrected chi connectivity index (χ2v) is 18.0. The Bertz CT molecular complexity index is 1680. The van der Waals surface area contributed by atoms with E-state index in [0.717, 1.165) is 59.1 Å². The molecule has 2 N–H and O–H groups in total. The second-order valence-electron chi connectivity index (χ2n) is 18.0. The molecule has 302 valence electrons. The molecule has 4 aromatic rings. The quantitative estimate of drug-likeness (QED) is 0.0657. The fourth-order valence-electron chi connectivity index (χ4n) is 7.61. The average Bonchev–Trinajstić information content (AvgIpc) is 3.17. The van der Waals surface area contributed by atoms with E-state index in [9.17, 15) is 10.2 Å². The van der Waals surface area contributed by atoms with Gasteiger partial charge in [-0.05, 0) is 70.9 Å². The Morgan fingerprint density at radius 2 is 0.821 bits per heavy atom. The zero-order chi connectivity index (χ0) is 40.6. The topological polar surface area (TPSA) is 65.2 Å². The van der Waals surface area contributed by atoms with E-state index in [0.29, 0.717) is 11.5 Å². The summed E-state index contributed by atoms with van der Waals surface area (Å²) < 4.78 is 0. The Morgan fingerprint density at radius 3 is 1.16 bits per heavy atom. The maximum Gasteiger partial charge on any atom is 0.128 e. The predicted octanol–water partition coefficient (Wildman–Crippen LogP) is 14.5. The van der Waals surface area contributed by atoms with Gasteiger partial charge in [0.25, 0.3) is 0 Å². The van der Waals surface area contributed by atoms with Gasteiger partial charge in [0.05, 0.1) is 0 Å². The molecule has 0 heterocycles. The van der Waals surface area contributed by atoms with E-state index in [1.165, 1.54) is 75.3 Å². The fourth-order valence-corrected chi connectivity index (χ4v) is 7.61. The van der Waals surface area contributed by atoms with Crippen LogP contribution < -0.4 is 0 Å². The van der Waals surface area contributed by atoms with E-state index in [-0.39, 0.29) is 22.9 Å². The minimum Gasteiger partial charge on any atom is -0.507 e. The Kier molecular flexibility index (Phi) is 17.4. The highest BCUT2D eigenvalue weighted by molar-refractivity contribution is 5.86. The number of unbranched alkanes of at least 4 members (excludes halogenated alkanes) is 10. The molecule has 4 nitrogen and oxygen atoms in total. The molecule has 0 aromatic heterocycles. The van der Waals surface area contributed by atoms with E-state index in [1.807, 2.05) is 48.8 Å². The number of aromatic hydroxyl groups is 2. The van der Waals surface area contributed by atoms with Crippen molar-refractivity contribution >= 4 is 12.4 Å². The van der Waals surface area contributed by atoms with Crippen molar-refractivity contribution in [2.45, 2.75) is 168 Å². The molecule has 0 amide bonds. The van der Waals surface area contributed by atoms with Crippen molar-refractivity contribution in [1.29, 1.82) is 0 Å². The van der Waals surface area contributed by atoms with Crippen LogP contribution in [0.2, 0.25) is 0 Å². The molecule has 4 aromatic carbocycles. The van der Waals surface area contributed by atoms with Gasteiger partial charge < -0.3 is 10.2 Å². The van der Waals surface area contributed by atoms with Crippen LogP contribution in [0.4, 0.5) is 0 Å². The van der Waals surface area contributed by atoms with Crippen molar-refractivity contribution in [2.75, 3.05) is 0 Å². The maximum atomic E-state index is 11.7. The lowest BCUT2D eigenvalue weighted by molar-refractivity contribution is 0.444. The van der Waals surface area contributed by atoms with Gasteiger partial charge in [0.15, 0.2) is 0 Å². The summed E-state index contributed by atoms with van der Waals surface area (Å²) >= 11 is 0. The van der Waals surface area contributed by atoms with E-state index < -0.39 is 0 Å². The first-order chi connectivity index (χ1) is 26.8. The number of hydrogen-bond acceptors (Lipinski definition) is 4. The fraction of sp³-hybridized carbons (Fsp3) is 0.500. The van der Waals surface area contributed by atoms with Gasteiger partial charge in [-0.3, -0.25) is 9.98 Å². The Morgan fingerprint density at radius 1 is 0.482 bits per heavy atom. The first-order valence-electron chi connectivity index (χ1n) is 21.7. The number of hydrogen-bond donors (Lipinski definition) is 2. The third-order valence-corrected chi connectivity index (χ3v) is 11.0. The molecule has 0 radical (unpaired) electrons. The minimum atomic E-state index is -0.384. The number of nitrogens with zero attached hydrogens (tertiary/aromatic N) is 2. The standard InChI is InChI=1S/C52H72N2O2/c1-9-11-13-15-17-21-27-39-33-43(49(55)45(35-39)51(3,4)5)37-53-47(41-29-23-19-24-30-41)48(42-31-25-20-26-32-42)54-38-44-34-40(28-22-18-16-14-12-10-2)36-46(50(44)56)52(6,7)8/h19-20,23-26,29-38,47-48,55-56H,9-18,21-22,27-28H2,1-8H3/t47-,48-/m1/s1. The SMILES string of the molecule is CCCCCCCCc1cc(C=N[C@H](c2ccccc2)[C@H](N=Cc2cc(CCCCCCCC)cc(C(C)(C)C)c2O)c2ccccc2)c(O)c(C(C)(C)C)c1. The smallest absolute Gasteiger partial charge is 0.128 e. The summed E-state index contributed by atoms with van der Waals surface area (Å²) in [6.07, 6.45) is 20.6. The summed E-state index contributed by atoms with van der Waals surface area (Å²) in [6.45, 7) is 17.5. The van der Waals surface area contributed by atoms with Gasteiger partial charge in [-0.1, -0.05) is 192 Å². The zero-order valence-corrected chi connectivity index (χ0v) is 36.1. The van der Waals surface area contributed by atoms with Crippen LogP contribution in [-0.2, 0) is 23.7 Å². The van der Waals surface area contributed by atoms with Crippen LogP contribution in [0, 0.1) is 0 Å². The number of aliphatic imine (C=N–C) groups is 2. The molecule has 0 aliphatic rings. The average molecular weight is 757 g/mol. The van der Waals surface area contributed by atoms with E-state index >= 15 is 0 Å². The summed E-state index contributed by atoms with van der Waals surface area (Å²) in [7, 11) is 0. The molecular weight excluding hydrogens is 685 g/mol. The molecule has 0 bridgehead atoms. The molecule has 0 spiro atoms. The van der Waals surface area contributed by atoms with Crippen molar-refractivity contribution in [2.24, 2.45) is 9.98 Å². The molecule has 0 aliphatic heterocycles. The van der Waals surface area contributed by atoms with Gasteiger partial charge >= 0.3 is 0 Å². The lowest BCUT2D eigenvalue weighted by Gasteiger charge is -2.24. The number of phenols is 2. The molecule has 0 fully saturated rings. The summed E-state index contributed by atoms with van der Waals surface area (Å²) in [5, 5.41) is 23.4. The lowest BCUT2D eigenvalue weighted by Crippen LogP contribution is -2.14. The maximum absolute atomic E-state index is 11.7. The number of rotatable bonds is 21. The molecular formula is C52H72N2O2. The molecule has 0 unspecified atom stereocenters. The lowest BCUT2D eigenvalue weighted by atomic mass is 9.83. The highest BCUT2D eigenvalue weighted by Crippen LogP contribution is 2.39. The van der Waals surface area contributed by atoms with Crippen LogP contribution in [0.1, 0.15) is 189 Å². The Balaban J connectivity index is 1.77. The summed E-state index contributed by atoms with van der Waals surface area (Å²) in [4.78, 5) is 10.6. The van der Waals surface area contributed by atoms with Gasteiger partial charge in [-0.15, -0.1) is 0 Å². The van der Waals surface area contributed by atoms with Gasteiger partial charge in [0, 0.05) is 34.7 Å². The third kappa shape index (κ3) is 13.5. The molecule has 0 aliphatic carbocycles. The highest BCUT2D eigenvalue weighted by atomic mass is 16.3. The first-order valence-corrected chi connectivity index (χ1v) is 21.7. The number of benzene rings is 4. The highest BCUT2D eigenvalue weighted by Gasteiger charge is 2.26. The normalized spacial score (nSPS) is 13.5. The molecule has 0 saturated heterocycles. The van der Waals surface area contributed by atoms with E-state index in [2.05, 4.69) is 104 Å². The largest absolute Gasteiger partial charge is 0.507 e. The Hall–Kier alpha value is -4.18. The van der Waals surface area contributed by atoms with Crippen LogP contribution >= 0.6 is 0 Å². The van der Waals surface area contributed by atoms with Crippen molar-refractivity contribution < 1.29 is 10.2 Å². The summed E-state index contributed by atoms with van der Waals surface area (Å²) in [6, 6.07) is 28.6. The van der Waals surface area contributed by atoms with E-state index in [1.54, 1.807) is 0 Å². The van der Waals surface area contributed by atoms with Crippen LogP contribution in [-0.4, -0.2) is 22.6 Å². The number of phenolic OH excluding ortho intramolecular Hbond substituents is 2. The van der Waals surface area contributed by atoms with Crippen molar-refractivity contribution in [3.05, 3.63) is 129 Å². The monoisotopic (exact) mass is 757 g/mol. The first kappa shape index (κ1) is 44.5. The van der Waals surface area contributed by atoms with Crippen LogP contribution in [0.5, 0.6) is 11.5 Å². The summed E-state index contributed by atoms with van der Waals surface area (Å²) in [5.41, 5.74) is 7.47. The van der Waals surface area contributed by atoms with Crippen molar-refractivity contribution in [1.82, 2.24) is 0 Å². The predicted molar refractivity (Wildman–Crippen MR) is 241 cm³/mol. The van der Waals surface area contributed by atoms with Crippen LogP contribution in [0.3, 0.4) is 0 Å². The molecule has 4 heteroatoms. The molecule has 2 atom stereocenters. The molecule has 56 heavy (non-hydrogen) atoms. The van der Waals surface area contributed by atoms with Gasteiger partial charge in [0.2, 0.25) is 0 Å². The van der Waals surface area contributed by atoms with Crippen molar-refractivity contribution in [3.63, 3.8) is 0 Å². The van der Waals surface area contributed by atoms with Crippen molar-refractivity contribution in [3.8, 4) is 11.5 Å². The van der Waals surface area contributed by atoms with E-state index in [4.69, 9.17) is 9.98 Å². The zero-order valence-electron chi connectivity index (χ0n) is 36.1.